The van der Waals surface area contributed by atoms with Gasteiger partial charge in [-0.15, -0.1) is 0 Å². The van der Waals surface area contributed by atoms with Crippen LogP contribution in [0.1, 0.15) is 5.56 Å². The van der Waals surface area contributed by atoms with Gasteiger partial charge in [-0.05, 0) is 42.0 Å². The Labute approximate surface area is 121 Å². The SMILES string of the molecule is Fc1ccc(CNc2ccnc3cc(Cl)ccc23)cc1. The Kier molecular flexibility index (Phi) is 3.52. The monoisotopic (exact) mass is 286 g/mol. The van der Waals surface area contributed by atoms with Crippen LogP contribution in [0, 0.1) is 5.82 Å². The van der Waals surface area contributed by atoms with Crippen LogP contribution in [0.3, 0.4) is 0 Å². The van der Waals surface area contributed by atoms with Gasteiger partial charge in [0.15, 0.2) is 0 Å². The van der Waals surface area contributed by atoms with Crippen molar-refractivity contribution in [2.75, 3.05) is 5.32 Å². The zero-order valence-electron chi connectivity index (χ0n) is 10.6. The van der Waals surface area contributed by atoms with Gasteiger partial charge in [-0.25, -0.2) is 4.39 Å². The summed E-state index contributed by atoms with van der Waals surface area (Å²) in [7, 11) is 0. The molecule has 0 amide bonds. The lowest BCUT2D eigenvalue weighted by molar-refractivity contribution is 0.627. The molecule has 0 aliphatic carbocycles. The number of aromatic nitrogens is 1. The highest BCUT2D eigenvalue weighted by Crippen LogP contribution is 2.24. The summed E-state index contributed by atoms with van der Waals surface area (Å²) in [5.74, 6) is -0.224. The molecule has 0 aliphatic heterocycles. The van der Waals surface area contributed by atoms with Crippen molar-refractivity contribution in [1.82, 2.24) is 4.98 Å². The third kappa shape index (κ3) is 2.73. The van der Waals surface area contributed by atoms with Crippen LogP contribution in [-0.4, -0.2) is 4.98 Å². The molecule has 3 aromatic rings. The zero-order chi connectivity index (χ0) is 13.9. The quantitative estimate of drug-likeness (QED) is 0.759. The fraction of sp³-hybridized carbons (Fsp3) is 0.0625. The molecule has 4 heteroatoms. The second kappa shape index (κ2) is 5.47. The van der Waals surface area contributed by atoms with Crippen molar-refractivity contribution in [2.24, 2.45) is 0 Å². The summed E-state index contributed by atoms with van der Waals surface area (Å²) in [6, 6.07) is 14.0. The average Bonchev–Trinajstić information content (AvgIpc) is 2.46. The van der Waals surface area contributed by atoms with Gasteiger partial charge in [0, 0.05) is 28.8 Å². The summed E-state index contributed by atoms with van der Waals surface area (Å²) in [5, 5.41) is 5.02. The molecule has 0 atom stereocenters. The number of fused-ring (bicyclic) bond motifs is 1. The lowest BCUT2D eigenvalue weighted by Gasteiger charge is -2.09. The van der Waals surface area contributed by atoms with Gasteiger partial charge in [-0.3, -0.25) is 4.98 Å². The summed E-state index contributed by atoms with van der Waals surface area (Å²) in [5.41, 5.74) is 2.85. The third-order valence-corrected chi connectivity index (χ3v) is 3.34. The van der Waals surface area contributed by atoms with E-state index in [4.69, 9.17) is 11.6 Å². The summed E-state index contributed by atoms with van der Waals surface area (Å²) < 4.78 is 12.9. The topological polar surface area (TPSA) is 24.9 Å². The summed E-state index contributed by atoms with van der Waals surface area (Å²) >= 11 is 5.96. The molecule has 0 unspecified atom stereocenters. The summed E-state index contributed by atoms with van der Waals surface area (Å²) in [4.78, 5) is 4.30. The van der Waals surface area contributed by atoms with E-state index in [2.05, 4.69) is 10.3 Å². The van der Waals surface area contributed by atoms with E-state index in [-0.39, 0.29) is 5.82 Å². The molecule has 0 fully saturated rings. The third-order valence-electron chi connectivity index (χ3n) is 3.10. The number of rotatable bonds is 3. The van der Waals surface area contributed by atoms with Crippen LogP contribution in [0.4, 0.5) is 10.1 Å². The second-order valence-electron chi connectivity index (χ2n) is 4.50. The molecular weight excluding hydrogens is 275 g/mol. The van der Waals surface area contributed by atoms with Crippen molar-refractivity contribution in [3.63, 3.8) is 0 Å². The number of benzene rings is 2. The van der Waals surface area contributed by atoms with E-state index < -0.39 is 0 Å². The van der Waals surface area contributed by atoms with E-state index in [9.17, 15) is 4.39 Å². The second-order valence-corrected chi connectivity index (χ2v) is 4.94. The first kappa shape index (κ1) is 12.9. The molecule has 0 saturated carbocycles. The van der Waals surface area contributed by atoms with Crippen molar-refractivity contribution in [3.8, 4) is 0 Å². The molecule has 2 nitrogen and oxygen atoms in total. The van der Waals surface area contributed by atoms with E-state index in [1.165, 1.54) is 12.1 Å². The van der Waals surface area contributed by atoms with Gasteiger partial charge in [0.05, 0.1) is 5.52 Å². The Morgan fingerprint density at radius 2 is 1.85 bits per heavy atom. The highest BCUT2D eigenvalue weighted by molar-refractivity contribution is 6.31. The average molecular weight is 287 g/mol. The lowest BCUT2D eigenvalue weighted by Crippen LogP contribution is -2.00. The lowest BCUT2D eigenvalue weighted by atomic mass is 10.1. The van der Waals surface area contributed by atoms with E-state index >= 15 is 0 Å². The summed E-state index contributed by atoms with van der Waals surface area (Å²) in [6.07, 6.45) is 1.74. The fourth-order valence-corrected chi connectivity index (χ4v) is 2.24. The first-order valence-corrected chi connectivity index (χ1v) is 6.63. The number of anilines is 1. The molecule has 0 radical (unpaired) electrons. The van der Waals surface area contributed by atoms with Crippen LogP contribution in [0.25, 0.3) is 10.9 Å². The van der Waals surface area contributed by atoms with Crippen molar-refractivity contribution in [3.05, 3.63) is 71.1 Å². The van der Waals surface area contributed by atoms with Crippen molar-refractivity contribution >= 4 is 28.2 Å². The van der Waals surface area contributed by atoms with Gasteiger partial charge in [-0.1, -0.05) is 23.7 Å². The number of nitrogens with zero attached hydrogens (tertiary/aromatic N) is 1. The van der Waals surface area contributed by atoms with Gasteiger partial charge >= 0.3 is 0 Å². The molecule has 20 heavy (non-hydrogen) atoms. The van der Waals surface area contributed by atoms with E-state index in [0.29, 0.717) is 11.6 Å². The molecule has 0 spiro atoms. The van der Waals surface area contributed by atoms with Crippen molar-refractivity contribution < 1.29 is 4.39 Å². The summed E-state index contributed by atoms with van der Waals surface area (Å²) in [6.45, 7) is 0.627. The molecule has 3 rings (SSSR count). The number of hydrogen-bond donors (Lipinski definition) is 1. The molecule has 0 aliphatic rings. The number of nitrogens with one attached hydrogen (secondary N) is 1. The maximum absolute atomic E-state index is 12.9. The van der Waals surface area contributed by atoms with Crippen LogP contribution < -0.4 is 5.32 Å². The van der Waals surface area contributed by atoms with Gasteiger partial charge in [0.2, 0.25) is 0 Å². The van der Waals surface area contributed by atoms with Gasteiger partial charge in [-0.2, -0.15) is 0 Å². The van der Waals surface area contributed by atoms with Crippen LogP contribution >= 0.6 is 11.6 Å². The van der Waals surface area contributed by atoms with Gasteiger partial charge in [0.25, 0.3) is 0 Å². The Hall–Kier alpha value is -2.13. The maximum atomic E-state index is 12.9. The van der Waals surface area contributed by atoms with Crippen LogP contribution in [0.5, 0.6) is 0 Å². The van der Waals surface area contributed by atoms with Crippen LogP contribution in [-0.2, 0) is 6.54 Å². The largest absolute Gasteiger partial charge is 0.380 e. The minimum absolute atomic E-state index is 0.224. The van der Waals surface area contributed by atoms with E-state index in [0.717, 1.165) is 22.2 Å². The zero-order valence-corrected chi connectivity index (χ0v) is 11.4. The van der Waals surface area contributed by atoms with E-state index in [1.807, 2.05) is 24.3 Å². The predicted molar refractivity (Wildman–Crippen MR) is 80.5 cm³/mol. The first-order chi connectivity index (χ1) is 9.72. The van der Waals surface area contributed by atoms with E-state index in [1.54, 1.807) is 18.3 Å². The fourth-order valence-electron chi connectivity index (χ4n) is 2.07. The molecule has 0 bridgehead atoms. The Balaban J connectivity index is 1.85. The molecule has 2 aromatic carbocycles. The van der Waals surface area contributed by atoms with Crippen molar-refractivity contribution in [1.29, 1.82) is 0 Å². The molecule has 1 heterocycles. The van der Waals surface area contributed by atoms with Crippen molar-refractivity contribution in [2.45, 2.75) is 6.54 Å². The number of halogens is 2. The highest BCUT2D eigenvalue weighted by atomic mass is 35.5. The normalized spacial score (nSPS) is 10.7. The first-order valence-electron chi connectivity index (χ1n) is 6.25. The molecule has 100 valence electrons. The highest BCUT2D eigenvalue weighted by Gasteiger charge is 2.02. The number of hydrogen-bond acceptors (Lipinski definition) is 2. The molecule has 1 N–H and O–H groups in total. The number of pyridine rings is 1. The maximum Gasteiger partial charge on any atom is 0.123 e. The standard InChI is InChI=1S/C16H12ClFN2/c17-12-3-6-14-15(7-8-19-16(14)9-12)20-10-11-1-4-13(18)5-2-11/h1-9H,10H2,(H,19,20). The van der Waals surface area contributed by atoms with Gasteiger partial charge in [0.1, 0.15) is 5.82 Å². The Morgan fingerprint density at radius 3 is 2.65 bits per heavy atom. The van der Waals surface area contributed by atoms with Gasteiger partial charge < -0.3 is 5.32 Å². The van der Waals surface area contributed by atoms with Crippen LogP contribution in [0.2, 0.25) is 5.02 Å². The predicted octanol–water partition coefficient (Wildman–Crippen LogP) is 4.64. The minimum Gasteiger partial charge on any atom is -0.380 e. The Morgan fingerprint density at radius 1 is 1.05 bits per heavy atom. The Bertz CT molecular complexity index is 741. The molecule has 0 saturated heterocycles. The molecule has 1 aromatic heterocycles. The smallest absolute Gasteiger partial charge is 0.123 e. The van der Waals surface area contributed by atoms with Crippen LogP contribution in [0.15, 0.2) is 54.7 Å². The minimum atomic E-state index is -0.224. The molecular formula is C16H12ClFN2.